The number of carbonyl (C=O) groups is 2. The van der Waals surface area contributed by atoms with E-state index in [-0.39, 0.29) is 11.8 Å². The van der Waals surface area contributed by atoms with Gasteiger partial charge in [-0.1, -0.05) is 22.0 Å². The van der Waals surface area contributed by atoms with E-state index in [0.29, 0.717) is 18.1 Å². The summed E-state index contributed by atoms with van der Waals surface area (Å²) in [5.41, 5.74) is 0.805. The first-order valence-corrected chi connectivity index (χ1v) is 8.46. The van der Waals surface area contributed by atoms with Crippen LogP contribution in [0.1, 0.15) is 11.3 Å². The van der Waals surface area contributed by atoms with E-state index in [2.05, 4.69) is 26.2 Å². The summed E-state index contributed by atoms with van der Waals surface area (Å²) in [5, 5.41) is 3.27. The summed E-state index contributed by atoms with van der Waals surface area (Å²) in [7, 11) is 0. The number of aromatic nitrogens is 1. The Morgan fingerprint density at radius 1 is 1.50 bits per heavy atom. The van der Waals surface area contributed by atoms with Crippen LogP contribution in [0, 0.1) is 12.8 Å². The Labute approximate surface area is 140 Å². The van der Waals surface area contributed by atoms with Crippen LogP contribution in [-0.4, -0.2) is 23.3 Å². The van der Waals surface area contributed by atoms with E-state index in [1.165, 1.54) is 11.3 Å². The normalized spacial score (nSPS) is 17.8. The molecule has 0 aliphatic carbocycles. The zero-order chi connectivity index (χ0) is 15.7. The van der Waals surface area contributed by atoms with Gasteiger partial charge in [0.15, 0.2) is 5.13 Å². The molecule has 5 nitrogen and oxygen atoms in total. The molecule has 3 rings (SSSR count). The summed E-state index contributed by atoms with van der Waals surface area (Å²) in [4.78, 5) is 31.5. The Morgan fingerprint density at radius 2 is 2.32 bits per heavy atom. The standard InChI is InChI=1S/C15H14BrN3O2S/c1-9-8-17-15(22-9)18-13(20)12-5-6-19(14(12)21)11-4-2-3-10(16)7-11/h2-4,7-8,12H,5-6H2,1H3,(H,17,18,20). The second-order valence-corrected chi connectivity index (χ2v) is 7.23. The average Bonchev–Trinajstić information content (AvgIpc) is 3.05. The smallest absolute Gasteiger partial charge is 0.239 e. The minimum atomic E-state index is -0.650. The maximum atomic E-state index is 12.5. The van der Waals surface area contributed by atoms with Crippen molar-refractivity contribution in [2.45, 2.75) is 13.3 Å². The van der Waals surface area contributed by atoms with Gasteiger partial charge in [0.05, 0.1) is 0 Å². The fraction of sp³-hybridized carbons (Fsp3) is 0.267. The molecule has 1 saturated heterocycles. The number of nitrogens with one attached hydrogen (secondary N) is 1. The topological polar surface area (TPSA) is 62.3 Å². The van der Waals surface area contributed by atoms with Gasteiger partial charge in [0.1, 0.15) is 5.92 Å². The first-order chi connectivity index (χ1) is 10.5. The number of hydrogen-bond acceptors (Lipinski definition) is 4. The van der Waals surface area contributed by atoms with E-state index in [1.54, 1.807) is 11.1 Å². The number of amides is 2. The van der Waals surface area contributed by atoms with Gasteiger partial charge >= 0.3 is 0 Å². The number of halogens is 1. The predicted molar refractivity (Wildman–Crippen MR) is 90.1 cm³/mol. The van der Waals surface area contributed by atoms with Gasteiger partial charge in [-0.25, -0.2) is 4.98 Å². The van der Waals surface area contributed by atoms with Crippen molar-refractivity contribution >= 4 is 49.9 Å². The predicted octanol–water partition coefficient (Wildman–Crippen LogP) is 3.21. The molecule has 0 bridgehead atoms. The van der Waals surface area contributed by atoms with Gasteiger partial charge < -0.3 is 10.2 Å². The van der Waals surface area contributed by atoms with E-state index in [0.717, 1.165) is 15.0 Å². The minimum Gasteiger partial charge on any atom is -0.312 e. The molecule has 7 heteroatoms. The number of aryl methyl sites for hydroxylation is 1. The summed E-state index contributed by atoms with van der Waals surface area (Å²) in [5.74, 6) is -1.09. The summed E-state index contributed by atoms with van der Waals surface area (Å²) >= 11 is 4.80. The molecule has 1 N–H and O–H groups in total. The molecule has 0 saturated carbocycles. The molecule has 0 spiro atoms. The van der Waals surface area contributed by atoms with Crippen molar-refractivity contribution in [3.05, 3.63) is 39.8 Å². The Balaban J connectivity index is 1.72. The molecule has 1 aliphatic rings. The summed E-state index contributed by atoms with van der Waals surface area (Å²) in [6, 6.07) is 7.52. The molecule has 2 aromatic rings. The van der Waals surface area contributed by atoms with E-state index < -0.39 is 5.92 Å². The highest BCUT2D eigenvalue weighted by Gasteiger charge is 2.37. The van der Waals surface area contributed by atoms with Crippen molar-refractivity contribution in [2.24, 2.45) is 5.92 Å². The van der Waals surface area contributed by atoms with Crippen molar-refractivity contribution in [3.8, 4) is 0 Å². The van der Waals surface area contributed by atoms with Gasteiger partial charge in [-0.05, 0) is 31.5 Å². The summed E-state index contributed by atoms with van der Waals surface area (Å²) in [6.45, 7) is 2.47. The lowest BCUT2D eigenvalue weighted by molar-refractivity contribution is -0.129. The fourth-order valence-corrected chi connectivity index (χ4v) is 3.48. The van der Waals surface area contributed by atoms with Gasteiger partial charge in [0.25, 0.3) is 0 Å². The van der Waals surface area contributed by atoms with Crippen molar-refractivity contribution < 1.29 is 9.59 Å². The zero-order valence-corrected chi connectivity index (χ0v) is 14.3. The molecule has 1 unspecified atom stereocenters. The van der Waals surface area contributed by atoms with Crippen molar-refractivity contribution in [1.29, 1.82) is 0 Å². The third kappa shape index (κ3) is 3.05. The molecule has 1 aliphatic heterocycles. The molecule has 0 radical (unpaired) electrons. The van der Waals surface area contributed by atoms with Crippen LogP contribution < -0.4 is 10.2 Å². The second-order valence-electron chi connectivity index (χ2n) is 5.08. The SMILES string of the molecule is Cc1cnc(NC(=O)C2CCN(c3cccc(Br)c3)C2=O)s1. The summed E-state index contributed by atoms with van der Waals surface area (Å²) in [6.07, 6.45) is 2.21. The molecule has 22 heavy (non-hydrogen) atoms. The van der Waals surface area contributed by atoms with Crippen LogP contribution in [0.5, 0.6) is 0 Å². The summed E-state index contributed by atoms with van der Waals surface area (Å²) < 4.78 is 0.906. The Morgan fingerprint density at radius 3 is 3.00 bits per heavy atom. The van der Waals surface area contributed by atoms with Crippen molar-refractivity contribution in [1.82, 2.24) is 4.98 Å². The molecule has 2 heterocycles. The minimum absolute atomic E-state index is 0.163. The number of anilines is 2. The molecule has 114 valence electrons. The Hall–Kier alpha value is -1.73. The lowest BCUT2D eigenvalue weighted by Crippen LogP contribution is -2.33. The number of carbonyl (C=O) groups excluding carboxylic acids is 2. The average molecular weight is 380 g/mol. The molecule has 2 amide bonds. The highest BCUT2D eigenvalue weighted by atomic mass is 79.9. The van der Waals surface area contributed by atoms with Crippen LogP contribution in [0.4, 0.5) is 10.8 Å². The number of hydrogen-bond donors (Lipinski definition) is 1. The largest absolute Gasteiger partial charge is 0.312 e. The first kappa shape index (κ1) is 15.2. The van der Waals surface area contributed by atoms with Gasteiger partial charge in [-0.3, -0.25) is 9.59 Å². The van der Waals surface area contributed by atoms with Crippen LogP contribution in [0.2, 0.25) is 0 Å². The van der Waals surface area contributed by atoms with Crippen LogP contribution in [0.3, 0.4) is 0 Å². The fourth-order valence-electron chi connectivity index (χ4n) is 2.43. The van der Waals surface area contributed by atoms with Gasteiger partial charge in [0, 0.05) is 27.8 Å². The molecule has 1 aromatic carbocycles. The third-order valence-corrected chi connectivity index (χ3v) is 4.81. The van der Waals surface area contributed by atoms with E-state index in [1.807, 2.05) is 31.2 Å². The van der Waals surface area contributed by atoms with Gasteiger partial charge in [0.2, 0.25) is 11.8 Å². The highest BCUT2D eigenvalue weighted by molar-refractivity contribution is 9.10. The zero-order valence-electron chi connectivity index (χ0n) is 11.9. The maximum absolute atomic E-state index is 12.5. The first-order valence-electron chi connectivity index (χ1n) is 6.85. The molecular weight excluding hydrogens is 366 g/mol. The lowest BCUT2D eigenvalue weighted by atomic mass is 10.1. The van der Waals surface area contributed by atoms with Crippen molar-refractivity contribution in [2.75, 3.05) is 16.8 Å². The van der Waals surface area contributed by atoms with E-state index in [9.17, 15) is 9.59 Å². The number of nitrogens with zero attached hydrogens (tertiary/aromatic N) is 2. The number of benzene rings is 1. The number of rotatable bonds is 3. The molecule has 1 aromatic heterocycles. The molecule has 1 atom stereocenters. The Bertz CT molecular complexity index is 731. The third-order valence-electron chi connectivity index (χ3n) is 3.49. The van der Waals surface area contributed by atoms with Gasteiger partial charge in [-0.15, -0.1) is 11.3 Å². The maximum Gasteiger partial charge on any atom is 0.239 e. The van der Waals surface area contributed by atoms with E-state index >= 15 is 0 Å². The van der Waals surface area contributed by atoms with Crippen LogP contribution in [0.15, 0.2) is 34.9 Å². The van der Waals surface area contributed by atoms with Crippen LogP contribution >= 0.6 is 27.3 Å². The molecule has 1 fully saturated rings. The second kappa shape index (κ2) is 6.18. The van der Waals surface area contributed by atoms with E-state index in [4.69, 9.17) is 0 Å². The van der Waals surface area contributed by atoms with Crippen LogP contribution in [-0.2, 0) is 9.59 Å². The van der Waals surface area contributed by atoms with Gasteiger partial charge in [-0.2, -0.15) is 0 Å². The monoisotopic (exact) mass is 379 g/mol. The lowest BCUT2D eigenvalue weighted by Gasteiger charge is -2.16. The number of thiazole rings is 1. The van der Waals surface area contributed by atoms with Crippen molar-refractivity contribution in [3.63, 3.8) is 0 Å². The molecular formula is C15H14BrN3O2S. The quantitative estimate of drug-likeness (QED) is 0.832. The van der Waals surface area contributed by atoms with Crippen LogP contribution in [0.25, 0.3) is 0 Å². The Kier molecular flexibility index (Phi) is 4.26. The highest BCUT2D eigenvalue weighted by Crippen LogP contribution is 2.28.